The van der Waals surface area contributed by atoms with Gasteiger partial charge in [-0.3, -0.25) is 0 Å². The number of hydrogen-bond acceptors (Lipinski definition) is 3. The summed E-state index contributed by atoms with van der Waals surface area (Å²) < 4.78 is 44.2. The van der Waals surface area contributed by atoms with Gasteiger partial charge in [-0.1, -0.05) is 6.07 Å². The highest BCUT2D eigenvalue weighted by Crippen LogP contribution is 2.32. The number of alkyl halides is 3. The second kappa shape index (κ2) is 4.87. The molecule has 0 fully saturated rings. The van der Waals surface area contributed by atoms with Crippen LogP contribution in [-0.4, -0.2) is 28.0 Å². The molecule has 0 bridgehead atoms. The number of hydrogen-bond donors (Lipinski definition) is 1. The van der Waals surface area contributed by atoms with Crippen molar-refractivity contribution in [3.05, 3.63) is 41.7 Å². The fourth-order valence-electron chi connectivity index (χ4n) is 1.63. The van der Waals surface area contributed by atoms with Crippen molar-refractivity contribution < 1.29 is 27.8 Å². The summed E-state index contributed by atoms with van der Waals surface area (Å²) in [6.07, 6.45) is -4.72. The number of nitrogens with zero attached hydrogens (tertiary/aromatic N) is 2. The van der Waals surface area contributed by atoms with Crippen LogP contribution in [0, 0.1) is 0 Å². The average Bonchev–Trinajstić information content (AvgIpc) is 2.84. The van der Waals surface area contributed by atoms with Gasteiger partial charge in [0.15, 0.2) is 5.69 Å². The fourth-order valence-corrected chi connectivity index (χ4v) is 1.63. The van der Waals surface area contributed by atoms with Gasteiger partial charge in [0.05, 0.1) is 12.8 Å². The van der Waals surface area contributed by atoms with Crippen LogP contribution in [0.15, 0.2) is 30.3 Å². The van der Waals surface area contributed by atoms with E-state index in [0.717, 1.165) is 0 Å². The van der Waals surface area contributed by atoms with Gasteiger partial charge in [-0.25, -0.2) is 9.48 Å². The number of benzene rings is 1. The maximum atomic E-state index is 12.9. The molecule has 1 N–H and O–H groups in total. The number of methoxy groups -OCH3 is 1. The molecular weight excluding hydrogens is 277 g/mol. The third-order valence-corrected chi connectivity index (χ3v) is 2.52. The molecule has 1 heterocycles. The van der Waals surface area contributed by atoms with Gasteiger partial charge in [-0.15, -0.1) is 0 Å². The summed E-state index contributed by atoms with van der Waals surface area (Å²) >= 11 is 0. The van der Waals surface area contributed by atoms with Gasteiger partial charge in [-0.05, 0) is 12.1 Å². The second-order valence-corrected chi connectivity index (χ2v) is 3.83. The van der Waals surface area contributed by atoms with Crippen molar-refractivity contribution in [2.75, 3.05) is 7.11 Å². The molecule has 5 nitrogen and oxygen atoms in total. The van der Waals surface area contributed by atoms with Crippen molar-refractivity contribution in [1.82, 2.24) is 9.78 Å². The number of aromatic carboxylic acids is 1. The minimum absolute atomic E-state index is 0.0594. The SMILES string of the molecule is COc1cccc(-n2nc(C(=O)O)cc2C(F)(F)F)c1. The Labute approximate surface area is 111 Å². The Morgan fingerprint density at radius 1 is 1.35 bits per heavy atom. The van der Waals surface area contributed by atoms with Crippen LogP contribution >= 0.6 is 0 Å². The van der Waals surface area contributed by atoms with Gasteiger partial charge in [-0.2, -0.15) is 18.3 Å². The van der Waals surface area contributed by atoms with E-state index in [1.807, 2.05) is 0 Å². The molecule has 0 radical (unpaired) electrons. The molecule has 2 aromatic rings. The molecule has 106 valence electrons. The molecule has 0 atom stereocenters. The summed E-state index contributed by atoms with van der Waals surface area (Å²) in [6, 6.07) is 6.22. The predicted molar refractivity (Wildman–Crippen MR) is 62.1 cm³/mol. The van der Waals surface area contributed by atoms with Crippen molar-refractivity contribution in [1.29, 1.82) is 0 Å². The molecule has 0 unspecified atom stereocenters. The number of carboxylic acid groups (broad SMARTS) is 1. The molecule has 0 saturated heterocycles. The molecule has 0 spiro atoms. The minimum atomic E-state index is -4.72. The van der Waals surface area contributed by atoms with Gasteiger partial charge in [0.2, 0.25) is 0 Å². The molecule has 0 saturated carbocycles. The van der Waals surface area contributed by atoms with Crippen LogP contribution in [0.25, 0.3) is 5.69 Å². The molecule has 1 aromatic heterocycles. The lowest BCUT2D eigenvalue weighted by atomic mass is 10.3. The van der Waals surface area contributed by atoms with Crippen molar-refractivity contribution in [2.45, 2.75) is 6.18 Å². The highest BCUT2D eigenvalue weighted by molar-refractivity contribution is 5.85. The molecule has 20 heavy (non-hydrogen) atoms. The Bertz CT molecular complexity index is 650. The minimum Gasteiger partial charge on any atom is -0.497 e. The van der Waals surface area contributed by atoms with Crippen molar-refractivity contribution in [3.8, 4) is 11.4 Å². The summed E-state index contributed by atoms with van der Waals surface area (Å²) in [5.74, 6) is -1.19. The molecule has 1 aromatic carbocycles. The van der Waals surface area contributed by atoms with E-state index < -0.39 is 23.5 Å². The first kappa shape index (κ1) is 13.9. The first-order valence-corrected chi connectivity index (χ1v) is 5.38. The zero-order chi connectivity index (χ0) is 14.9. The van der Waals surface area contributed by atoms with Crippen LogP contribution in [0.4, 0.5) is 13.2 Å². The smallest absolute Gasteiger partial charge is 0.433 e. The van der Waals surface area contributed by atoms with E-state index in [4.69, 9.17) is 9.84 Å². The zero-order valence-electron chi connectivity index (χ0n) is 10.2. The van der Waals surface area contributed by atoms with Gasteiger partial charge in [0.25, 0.3) is 0 Å². The second-order valence-electron chi connectivity index (χ2n) is 3.83. The predicted octanol–water partition coefficient (Wildman–Crippen LogP) is 2.60. The normalized spacial score (nSPS) is 11.4. The number of carboxylic acids is 1. The molecule has 0 aliphatic rings. The van der Waals surface area contributed by atoms with Gasteiger partial charge in [0, 0.05) is 12.1 Å². The standard InChI is InChI=1S/C12H9F3N2O3/c1-20-8-4-2-3-7(5-8)17-10(12(13,14)15)6-9(16-17)11(18)19/h2-6H,1H3,(H,18,19). The maximum absolute atomic E-state index is 12.9. The quantitative estimate of drug-likeness (QED) is 0.942. The van der Waals surface area contributed by atoms with Gasteiger partial charge in [0.1, 0.15) is 11.4 Å². The number of rotatable bonds is 3. The van der Waals surface area contributed by atoms with E-state index in [9.17, 15) is 18.0 Å². The third-order valence-electron chi connectivity index (χ3n) is 2.52. The lowest BCUT2D eigenvalue weighted by Gasteiger charge is -2.10. The van der Waals surface area contributed by atoms with Crippen molar-refractivity contribution >= 4 is 5.97 Å². The van der Waals surface area contributed by atoms with E-state index in [2.05, 4.69) is 5.10 Å². The fraction of sp³-hybridized carbons (Fsp3) is 0.167. The molecule has 0 amide bonds. The highest BCUT2D eigenvalue weighted by Gasteiger charge is 2.37. The molecule has 0 aliphatic carbocycles. The van der Waals surface area contributed by atoms with E-state index in [1.54, 1.807) is 6.07 Å². The lowest BCUT2D eigenvalue weighted by molar-refractivity contribution is -0.142. The summed E-state index contributed by atoms with van der Waals surface area (Å²) in [5.41, 5.74) is -1.78. The molecule has 8 heteroatoms. The summed E-state index contributed by atoms with van der Waals surface area (Å²) in [7, 11) is 1.37. The Balaban J connectivity index is 2.62. The van der Waals surface area contributed by atoms with Crippen LogP contribution in [0.2, 0.25) is 0 Å². The van der Waals surface area contributed by atoms with E-state index >= 15 is 0 Å². The first-order chi connectivity index (χ1) is 9.32. The van der Waals surface area contributed by atoms with Crippen LogP contribution in [0.1, 0.15) is 16.2 Å². The number of ether oxygens (including phenoxy) is 1. The van der Waals surface area contributed by atoms with E-state index in [1.165, 1.54) is 25.3 Å². The number of halogens is 3. The van der Waals surface area contributed by atoms with Crippen LogP contribution < -0.4 is 4.74 Å². The third kappa shape index (κ3) is 2.58. The van der Waals surface area contributed by atoms with Crippen LogP contribution in [0.5, 0.6) is 5.75 Å². The van der Waals surface area contributed by atoms with Crippen molar-refractivity contribution in [2.24, 2.45) is 0 Å². The van der Waals surface area contributed by atoms with Crippen LogP contribution in [0.3, 0.4) is 0 Å². The average molecular weight is 286 g/mol. The summed E-state index contributed by atoms with van der Waals surface area (Å²) in [5, 5.41) is 12.2. The summed E-state index contributed by atoms with van der Waals surface area (Å²) in [6.45, 7) is 0. The van der Waals surface area contributed by atoms with Gasteiger partial charge >= 0.3 is 12.1 Å². The Hall–Kier alpha value is -2.51. The van der Waals surface area contributed by atoms with E-state index in [-0.39, 0.29) is 5.69 Å². The van der Waals surface area contributed by atoms with Crippen molar-refractivity contribution in [3.63, 3.8) is 0 Å². The van der Waals surface area contributed by atoms with Gasteiger partial charge < -0.3 is 9.84 Å². The molecular formula is C12H9F3N2O3. The number of aromatic nitrogens is 2. The Morgan fingerprint density at radius 3 is 2.60 bits per heavy atom. The lowest BCUT2D eigenvalue weighted by Crippen LogP contribution is -2.13. The Kier molecular flexibility index (Phi) is 3.39. The molecule has 2 rings (SSSR count). The Morgan fingerprint density at radius 2 is 2.05 bits per heavy atom. The largest absolute Gasteiger partial charge is 0.497 e. The summed E-state index contributed by atoms with van der Waals surface area (Å²) in [4.78, 5) is 10.8. The molecule has 0 aliphatic heterocycles. The monoisotopic (exact) mass is 286 g/mol. The maximum Gasteiger partial charge on any atom is 0.433 e. The highest BCUT2D eigenvalue weighted by atomic mass is 19.4. The number of carbonyl (C=O) groups is 1. The first-order valence-electron chi connectivity index (χ1n) is 5.38. The van der Waals surface area contributed by atoms with E-state index in [0.29, 0.717) is 16.5 Å². The topological polar surface area (TPSA) is 64.4 Å². The van der Waals surface area contributed by atoms with Crippen LogP contribution in [-0.2, 0) is 6.18 Å². The zero-order valence-corrected chi connectivity index (χ0v) is 10.2.